The van der Waals surface area contributed by atoms with E-state index in [9.17, 15) is 4.79 Å². The third-order valence-electron chi connectivity index (χ3n) is 4.18. The SMILES string of the molecule is CC1Cc2ccccc2N1C(=O)CNCc1ccc(Cl)cc1.O=C(O)C(=O)O. The van der Waals surface area contributed by atoms with Gasteiger partial charge < -0.3 is 20.4 Å². The minimum absolute atomic E-state index is 0.117. The number of carboxylic acid groups (broad SMARTS) is 2. The van der Waals surface area contributed by atoms with Crippen LogP contribution in [0.25, 0.3) is 0 Å². The lowest BCUT2D eigenvalue weighted by molar-refractivity contribution is -0.159. The number of aliphatic carboxylic acids is 2. The lowest BCUT2D eigenvalue weighted by atomic mass is 10.1. The third-order valence-corrected chi connectivity index (χ3v) is 4.43. The number of benzene rings is 2. The summed E-state index contributed by atoms with van der Waals surface area (Å²) >= 11 is 5.86. The van der Waals surface area contributed by atoms with Gasteiger partial charge >= 0.3 is 11.9 Å². The van der Waals surface area contributed by atoms with Crippen molar-refractivity contribution in [1.29, 1.82) is 0 Å². The second-order valence-electron chi connectivity index (χ2n) is 6.29. The molecule has 1 unspecified atom stereocenters. The lowest BCUT2D eigenvalue weighted by Gasteiger charge is -2.23. The Balaban J connectivity index is 0.000000409. The molecular weight excluding hydrogens is 384 g/mol. The summed E-state index contributed by atoms with van der Waals surface area (Å²) in [7, 11) is 0. The van der Waals surface area contributed by atoms with Crippen LogP contribution in [-0.2, 0) is 27.3 Å². The molecule has 0 saturated heterocycles. The number of carbonyl (C=O) groups is 3. The Hall–Kier alpha value is -2.90. The predicted octanol–water partition coefficient (Wildman–Crippen LogP) is 2.56. The highest BCUT2D eigenvalue weighted by atomic mass is 35.5. The highest BCUT2D eigenvalue weighted by Crippen LogP contribution is 2.31. The molecule has 7 nitrogen and oxygen atoms in total. The van der Waals surface area contributed by atoms with Crippen molar-refractivity contribution in [3.8, 4) is 0 Å². The van der Waals surface area contributed by atoms with Crippen molar-refractivity contribution in [2.45, 2.75) is 25.9 Å². The van der Waals surface area contributed by atoms with Gasteiger partial charge in [0.2, 0.25) is 5.91 Å². The van der Waals surface area contributed by atoms with E-state index in [1.807, 2.05) is 47.4 Å². The number of carbonyl (C=O) groups excluding carboxylic acids is 1. The van der Waals surface area contributed by atoms with Crippen molar-refractivity contribution in [1.82, 2.24) is 5.32 Å². The second-order valence-corrected chi connectivity index (χ2v) is 6.72. The number of hydrogen-bond donors (Lipinski definition) is 3. The summed E-state index contributed by atoms with van der Waals surface area (Å²) in [5.74, 6) is -3.53. The average Bonchev–Trinajstić information content (AvgIpc) is 2.99. The molecule has 0 saturated carbocycles. The summed E-state index contributed by atoms with van der Waals surface area (Å²) in [6.45, 7) is 3.09. The van der Waals surface area contributed by atoms with E-state index in [2.05, 4.69) is 18.3 Å². The van der Waals surface area contributed by atoms with Gasteiger partial charge in [-0.05, 0) is 42.7 Å². The van der Waals surface area contributed by atoms with Crippen LogP contribution in [0.2, 0.25) is 5.02 Å². The van der Waals surface area contributed by atoms with Crippen molar-refractivity contribution in [3.05, 3.63) is 64.7 Å². The number of fused-ring (bicyclic) bond motifs is 1. The summed E-state index contributed by atoms with van der Waals surface area (Å²) in [5, 5.41) is 18.7. The Morgan fingerprint density at radius 3 is 2.29 bits per heavy atom. The molecule has 1 amide bonds. The van der Waals surface area contributed by atoms with Crippen LogP contribution in [0.15, 0.2) is 48.5 Å². The maximum atomic E-state index is 12.5. The summed E-state index contributed by atoms with van der Waals surface area (Å²) in [6, 6.07) is 16.0. The maximum Gasteiger partial charge on any atom is 0.414 e. The van der Waals surface area contributed by atoms with E-state index in [0.29, 0.717) is 13.1 Å². The zero-order valence-corrected chi connectivity index (χ0v) is 16.0. The minimum atomic E-state index is -1.82. The van der Waals surface area contributed by atoms with E-state index < -0.39 is 11.9 Å². The van der Waals surface area contributed by atoms with E-state index in [0.717, 1.165) is 22.7 Å². The molecule has 28 heavy (non-hydrogen) atoms. The van der Waals surface area contributed by atoms with Gasteiger partial charge in [-0.25, -0.2) is 9.59 Å². The Labute approximate surface area is 167 Å². The Bertz CT molecular complexity index is 842. The van der Waals surface area contributed by atoms with E-state index in [1.165, 1.54) is 5.56 Å². The van der Waals surface area contributed by atoms with Crippen LogP contribution in [0.4, 0.5) is 5.69 Å². The Morgan fingerprint density at radius 2 is 1.68 bits per heavy atom. The maximum absolute atomic E-state index is 12.5. The van der Waals surface area contributed by atoms with Gasteiger partial charge in [0.25, 0.3) is 0 Å². The molecule has 2 aromatic rings. The van der Waals surface area contributed by atoms with Gasteiger partial charge in [-0.15, -0.1) is 0 Å². The topological polar surface area (TPSA) is 107 Å². The van der Waals surface area contributed by atoms with Crippen LogP contribution in [-0.4, -0.2) is 40.6 Å². The largest absolute Gasteiger partial charge is 0.473 e. The third kappa shape index (κ3) is 5.80. The average molecular weight is 405 g/mol. The molecule has 0 fully saturated rings. The number of rotatable bonds is 4. The molecule has 148 valence electrons. The van der Waals surface area contributed by atoms with E-state index >= 15 is 0 Å². The lowest BCUT2D eigenvalue weighted by Crippen LogP contribution is -2.41. The van der Waals surface area contributed by atoms with Gasteiger partial charge in [0, 0.05) is 23.3 Å². The normalized spacial score (nSPS) is 14.6. The van der Waals surface area contributed by atoms with Crippen LogP contribution >= 0.6 is 11.6 Å². The molecular formula is C20H21ClN2O5. The van der Waals surface area contributed by atoms with Gasteiger partial charge in [0.15, 0.2) is 0 Å². The van der Waals surface area contributed by atoms with Crippen molar-refractivity contribution in [2.24, 2.45) is 0 Å². The smallest absolute Gasteiger partial charge is 0.414 e. The van der Waals surface area contributed by atoms with E-state index in [1.54, 1.807) is 0 Å². The van der Waals surface area contributed by atoms with Crippen LogP contribution in [0.3, 0.4) is 0 Å². The minimum Gasteiger partial charge on any atom is -0.473 e. The molecule has 0 aliphatic carbocycles. The summed E-state index contributed by atoms with van der Waals surface area (Å²) in [4.78, 5) is 32.6. The number of para-hydroxylation sites is 1. The quantitative estimate of drug-likeness (QED) is 0.676. The number of nitrogens with zero attached hydrogens (tertiary/aromatic N) is 1. The summed E-state index contributed by atoms with van der Waals surface area (Å²) < 4.78 is 0. The molecule has 0 aromatic heterocycles. The molecule has 1 atom stereocenters. The van der Waals surface area contributed by atoms with Crippen molar-refractivity contribution >= 4 is 35.1 Å². The molecule has 0 spiro atoms. The monoisotopic (exact) mass is 404 g/mol. The van der Waals surface area contributed by atoms with Gasteiger partial charge in [0.05, 0.1) is 6.54 Å². The highest BCUT2D eigenvalue weighted by Gasteiger charge is 2.29. The van der Waals surface area contributed by atoms with Gasteiger partial charge in [-0.1, -0.05) is 41.9 Å². The molecule has 1 aliphatic heterocycles. The fraction of sp³-hybridized carbons (Fsp3) is 0.250. The number of nitrogens with one attached hydrogen (secondary N) is 1. The van der Waals surface area contributed by atoms with E-state index in [4.69, 9.17) is 31.4 Å². The van der Waals surface area contributed by atoms with Gasteiger partial charge in [0.1, 0.15) is 0 Å². The zero-order chi connectivity index (χ0) is 20.7. The number of halogens is 1. The van der Waals surface area contributed by atoms with Crippen molar-refractivity contribution in [2.75, 3.05) is 11.4 Å². The number of hydrogen-bond acceptors (Lipinski definition) is 4. The number of anilines is 1. The second kappa shape index (κ2) is 9.87. The first-order valence-electron chi connectivity index (χ1n) is 8.61. The van der Waals surface area contributed by atoms with Crippen molar-refractivity contribution < 1.29 is 24.6 Å². The van der Waals surface area contributed by atoms with E-state index in [-0.39, 0.29) is 11.9 Å². The molecule has 3 N–H and O–H groups in total. The molecule has 1 aliphatic rings. The predicted molar refractivity (Wildman–Crippen MR) is 106 cm³/mol. The Kier molecular flexibility index (Phi) is 7.54. The summed E-state index contributed by atoms with van der Waals surface area (Å²) in [6.07, 6.45) is 0.930. The zero-order valence-electron chi connectivity index (χ0n) is 15.3. The molecule has 0 radical (unpaired) electrons. The molecule has 2 aromatic carbocycles. The number of carboxylic acids is 2. The highest BCUT2D eigenvalue weighted by molar-refractivity contribution is 6.30. The van der Waals surface area contributed by atoms with Crippen LogP contribution in [0.1, 0.15) is 18.1 Å². The van der Waals surface area contributed by atoms with Crippen LogP contribution < -0.4 is 10.2 Å². The fourth-order valence-corrected chi connectivity index (χ4v) is 3.07. The molecule has 8 heteroatoms. The molecule has 1 heterocycles. The van der Waals surface area contributed by atoms with Crippen LogP contribution in [0, 0.1) is 0 Å². The Morgan fingerprint density at radius 1 is 1.07 bits per heavy atom. The van der Waals surface area contributed by atoms with Crippen LogP contribution in [0.5, 0.6) is 0 Å². The summed E-state index contributed by atoms with van der Waals surface area (Å²) in [5.41, 5.74) is 3.42. The van der Waals surface area contributed by atoms with Gasteiger partial charge in [-0.2, -0.15) is 0 Å². The number of amides is 1. The standard InChI is InChI=1S/C18H19ClN2O.C2H2O4/c1-13-10-15-4-2-3-5-17(15)21(13)18(22)12-20-11-14-6-8-16(19)9-7-14;3-1(4)2(5)6/h2-9,13,20H,10-12H2,1H3;(H,3,4)(H,5,6). The first kappa shape index (κ1) is 21.4. The molecule has 0 bridgehead atoms. The van der Waals surface area contributed by atoms with Gasteiger partial charge in [-0.3, -0.25) is 4.79 Å². The first-order valence-corrected chi connectivity index (χ1v) is 8.98. The first-order chi connectivity index (χ1) is 13.3. The van der Waals surface area contributed by atoms with Crippen molar-refractivity contribution in [3.63, 3.8) is 0 Å². The fourth-order valence-electron chi connectivity index (χ4n) is 2.95. The molecule has 3 rings (SSSR count).